The topological polar surface area (TPSA) is 86.2 Å². The zero-order valence-corrected chi connectivity index (χ0v) is 16.0. The molecule has 4 heterocycles. The van der Waals surface area contributed by atoms with Gasteiger partial charge >= 0.3 is 0 Å². The van der Waals surface area contributed by atoms with E-state index in [-0.39, 0.29) is 17.5 Å². The van der Waals surface area contributed by atoms with Crippen LogP contribution in [0.4, 0.5) is 0 Å². The fourth-order valence-electron chi connectivity index (χ4n) is 3.64. The van der Waals surface area contributed by atoms with Crippen LogP contribution in [0.3, 0.4) is 0 Å². The van der Waals surface area contributed by atoms with Crippen molar-refractivity contribution in [2.24, 2.45) is 0 Å². The summed E-state index contributed by atoms with van der Waals surface area (Å²) in [5.41, 5.74) is 1.77. The van der Waals surface area contributed by atoms with Crippen LogP contribution in [0.15, 0.2) is 45.9 Å². The highest BCUT2D eigenvalue weighted by Crippen LogP contribution is 2.23. The van der Waals surface area contributed by atoms with E-state index in [4.69, 9.17) is 4.42 Å². The Hall–Kier alpha value is -3.16. The van der Waals surface area contributed by atoms with Gasteiger partial charge in [0.05, 0.1) is 23.6 Å². The van der Waals surface area contributed by atoms with Gasteiger partial charge in [-0.2, -0.15) is 10.2 Å². The minimum atomic E-state index is -0.176. The number of carbonyl (C=O) groups is 1. The second-order valence-electron chi connectivity index (χ2n) is 7.01. The molecule has 1 fully saturated rings. The maximum absolute atomic E-state index is 13.0. The number of rotatable bonds is 4. The van der Waals surface area contributed by atoms with Crippen LogP contribution in [-0.2, 0) is 6.54 Å². The van der Waals surface area contributed by atoms with Crippen LogP contribution in [0, 0.1) is 6.92 Å². The number of aryl methyl sites for hydroxylation is 2. The standard InChI is InChI=1S/C20H23N5O3/c1-3-24-13-16(14(2)21-24)20(27)23-10-4-6-15(12-23)25-19(26)9-8-17(22-25)18-7-5-11-28-18/h5,7-9,11,13,15H,3-4,6,10,12H2,1-2H3/t15-/m0/s1. The van der Waals surface area contributed by atoms with Gasteiger partial charge in [-0.15, -0.1) is 0 Å². The third-order valence-electron chi connectivity index (χ3n) is 5.13. The number of aromatic nitrogens is 4. The van der Waals surface area contributed by atoms with Crippen LogP contribution in [0.5, 0.6) is 0 Å². The van der Waals surface area contributed by atoms with Crippen molar-refractivity contribution >= 4 is 5.91 Å². The zero-order chi connectivity index (χ0) is 19.7. The summed E-state index contributed by atoms with van der Waals surface area (Å²) in [4.78, 5) is 27.2. The SMILES string of the molecule is CCn1cc(C(=O)N2CCC[C@H](n3nc(-c4ccco4)ccc3=O)C2)c(C)n1. The molecule has 3 aromatic heterocycles. The predicted molar refractivity (Wildman–Crippen MR) is 103 cm³/mol. The van der Waals surface area contributed by atoms with E-state index in [2.05, 4.69) is 10.2 Å². The van der Waals surface area contributed by atoms with E-state index in [1.165, 1.54) is 10.7 Å². The van der Waals surface area contributed by atoms with Gasteiger partial charge in [0.15, 0.2) is 5.76 Å². The average Bonchev–Trinajstić information content (AvgIpc) is 3.38. The minimum Gasteiger partial charge on any atom is -0.463 e. The Bertz CT molecular complexity index is 1030. The van der Waals surface area contributed by atoms with E-state index in [9.17, 15) is 9.59 Å². The van der Waals surface area contributed by atoms with E-state index < -0.39 is 0 Å². The fourth-order valence-corrected chi connectivity index (χ4v) is 3.64. The summed E-state index contributed by atoms with van der Waals surface area (Å²) in [7, 11) is 0. The molecular weight excluding hydrogens is 358 g/mol. The van der Waals surface area contributed by atoms with Crippen molar-refractivity contribution < 1.29 is 9.21 Å². The second-order valence-corrected chi connectivity index (χ2v) is 7.01. The normalized spacial score (nSPS) is 17.1. The molecule has 146 valence electrons. The summed E-state index contributed by atoms with van der Waals surface area (Å²) in [6.45, 7) is 5.67. The first kappa shape index (κ1) is 18.2. The minimum absolute atomic E-state index is 0.0443. The van der Waals surface area contributed by atoms with Crippen molar-refractivity contribution in [3.63, 3.8) is 0 Å². The Labute approximate surface area is 162 Å². The molecule has 8 nitrogen and oxygen atoms in total. The van der Waals surface area contributed by atoms with E-state index >= 15 is 0 Å². The lowest BCUT2D eigenvalue weighted by molar-refractivity contribution is 0.0669. The molecule has 0 spiro atoms. The Morgan fingerprint density at radius 2 is 2.14 bits per heavy atom. The molecule has 1 aliphatic heterocycles. The molecular formula is C20H23N5O3. The number of likely N-dealkylation sites (tertiary alicyclic amines) is 1. The Kier molecular flexibility index (Phi) is 4.85. The lowest BCUT2D eigenvalue weighted by Gasteiger charge is -2.33. The molecule has 3 aromatic rings. The molecule has 4 rings (SSSR count). The third kappa shape index (κ3) is 3.37. The predicted octanol–water partition coefficient (Wildman–Crippen LogP) is 2.51. The number of hydrogen-bond acceptors (Lipinski definition) is 5. The molecule has 0 aliphatic carbocycles. The van der Waals surface area contributed by atoms with E-state index in [0.29, 0.717) is 30.1 Å². The monoisotopic (exact) mass is 381 g/mol. The largest absolute Gasteiger partial charge is 0.463 e. The van der Waals surface area contributed by atoms with Crippen LogP contribution < -0.4 is 5.56 Å². The molecule has 1 atom stereocenters. The van der Waals surface area contributed by atoms with Gasteiger partial charge in [0.2, 0.25) is 0 Å². The first-order valence-corrected chi connectivity index (χ1v) is 9.54. The van der Waals surface area contributed by atoms with Gasteiger partial charge in [-0.3, -0.25) is 14.3 Å². The summed E-state index contributed by atoms with van der Waals surface area (Å²) < 4.78 is 8.65. The van der Waals surface area contributed by atoms with Crippen molar-refractivity contribution in [3.05, 3.63) is 58.3 Å². The number of hydrogen-bond donors (Lipinski definition) is 0. The highest BCUT2D eigenvalue weighted by Gasteiger charge is 2.28. The summed E-state index contributed by atoms with van der Waals surface area (Å²) in [6, 6.07) is 6.59. The lowest BCUT2D eigenvalue weighted by Crippen LogP contribution is -2.43. The lowest BCUT2D eigenvalue weighted by atomic mass is 10.0. The smallest absolute Gasteiger partial charge is 0.267 e. The van der Waals surface area contributed by atoms with Crippen molar-refractivity contribution in [2.75, 3.05) is 13.1 Å². The number of amides is 1. The van der Waals surface area contributed by atoms with Crippen molar-refractivity contribution in [3.8, 4) is 11.5 Å². The molecule has 28 heavy (non-hydrogen) atoms. The summed E-state index contributed by atoms with van der Waals surface area (Å²) in [5.74, 6) is 0.567. The highest BCUT2D eigenvalue weighted by atomic mass is 16.3. The van der Waals surface area contributed by atoms with Gasteiger partial charge in [-0.1, -0.05) is 0 Å². The number of nitrogens with zero attached hydrogens (tertiary/aromatic N) is 5. The highest BCUT2D eigenvalue weighted by molar-refractivity contribution is 5.95. The summed E-state index contributed by atoms with van der Waals surface area (Å²) in [5, 5.41) is 8.86. The molecule has 0 unspecified atom stereocenters. The summed E-state index contributed by atoms with van der Waals surface area (Å²) in [6.07, 6.45) is 4.98. The van der Waals surface area contributed by atoms with Gasteiger partial charge < -0.3 is 9.32 Å². The van der Waals surface area contributed by atoms with Gasteiger partial charge in [0, 0.05) is 31.9 Å². The van der Waals surface area contributed by atoms with Crippen LogP contribution in [0.25, 0.3) is 11.5 Å². The first-order chi connectivity index (χ1) is 13.6. The van der Waals surface area contributed by atoms with Crippen LogP contribution in [0.1, 0.15) is 41.9 Å². The number of piperidine rings is 1. The molecule has 8 heteroatoms. The van der Waals surface area contributed by atoms with Crippen molar-refractivity contribution in [1.82, 2.24) is 24.5 Å². The zero-order valence-electron chi connectivity index (χ0n) is 16.0. The molecule has 0 aromatic carbocycles. The molecule has 0 bridgehead atoms. The van der Waals surface area contributed by atoms with Crippen LogP contribution in [0.2, 0.25) is 0 Å². The molecule has 0 saturated carbocycles. The van der Waals surface area contributed by atoms with E-state index in [1.54, 1.807) is 34.2 Å². The molecule has 1 aliphatic rings. The Balaban J connectivity index is 1.59. The van der Waals surface area contributed by atoms with Gasteiger partial charge in [0.1, 0.15) is 5.69 Å². The summed E-state index contributed by atoms with van der Waals surface area (Å²) >= 11 is 0. The maximum atomic E-state index is 13.0. The van der Waals surface area contributed by atoms with Crippen molar-refractivity contribution in [2.45, 2.75) is 39.3 Å². The van der Waals surface area contributed by atoms with Crippen LogP contribution in [-0.4, -0.2) is 43.5 Å². The van der Waals surface area contributed by atoms with Gasteiger partial charge in [-0.05, 0) is 44.9 Å². The van der Waals surface area contributed by atoms with Crippen molar-refractivity contribution in [1.29, 1.82) is 0 Å². The fraction of sp³-hybridized carbons (Fsp3) is 0.400. The Morgan fingerprint density at radius 3 is 2.86 bits per heavy atom. The number of furan rings is 1. The quantitative estimate of drug-likeness (QED) is 0.693. The molecule has 0 radical (unpaired) electrons. The molecule has 1 saturated heterocycles. The first-order valence-electron chi connectivity index (χ1n) is 9.54. The van der Waals surface area contributed by atoms with Crippen LogP contribution >= 0.6 is 0 Å². The van der Waals surface area contributed by atoms with E-state index in [0.717, 1.165) is 25.1 Å². The molecule has 1 amide bonds. The maximum Gasteiger partial charge on any atom is 0.267 e. The van der Waals surface area contributed by atoms with Gasteiger partial charge in [-0.25, -0.2) is 4.68 Å². The van der Waals surface area contributed by atoms with Gasteiger partial charge in [0.25, 0.3) is 11.5 Å². The average molecular weight is 381 g/mol. The van der Waals surface area contributed by atoms with E-state index in [1.807, 2.05) is 19.9 Å². The second kappa shape index (κ2) is 7.46. The number of carbonyl (C=O) groups excluding carboxylic acids is 1. The molecule has 0 N–H and O–H groups in total. The Morgan fingerprint density at radius 1 is 1.29 bits per heavy atom. The third-order valence-corrected chi connectivity index (χ3v) is 5.13.